The number of amides is 2. The average molecular weight is 261 g/mol. The van der Waals surface area contributed by atoms with Crippen molar-refractivity contribution in [3.8, 4) is 0 Å². The van der Waals surface area contributed by atoms with Gasteiger partial charge < -0.3 is 16.0 Å². The van der Waals surface area contributed by atoms with Crippen LogP contribution in [-0.2, 0) is 9.59 Å². The van der Waals surface area contributed by atoms with E-state index in [1.54, 1.807) is 24.3 Å². The van der Waals surface area contributed by atoms with Crippen molar-refractivity contribution in [3.63, 3.8) is 0 Å². The zero-order valence-corrected chi connectivity index (χ0v) is 11.2. The molecule has 0 bridgehead atoms. The van der Waals surface area contributed by atoms with Crippen molar-refractivity contribution in [2.45, 2.75) is 26.3 Å². The molecule has 1 aromatic carbocycles. The number of hydrogen-bond acceptors (Lipinski definition) is 3. The molecular weight excluding hydrogens is 242 g/mol. The van der Waals surface area contributed by atoms with Crippen molar-refractivity contribution in [2.75, 3.05) is 17.2 Å². The lowest BCUT2D eigenvalue weighted by atomic mass is 10.0. The molecule has 1 aliphatic rings. The molecule has 1 saturated heterocycles. The van der Waals surface area contributed by atoms with Gasteiger partial charge >= 0.3 is 0 Å². The number of nitrogens with one attached hydrogen (secondary N) is 3. The summed E-state index contributed by atoms with van der Waals surface area (Å²) in [6, 6.07) is 7.34. The predicted octanol–water partition coefficient (Wildman–Crippen LogP) is 1.58. The van der Waals surface area contributed by atoms with Gasteiger partial charge in [-0.05, 0) is 44.2 Å². The third-order valence-electron chi connectivity index (χ3n) is 3.33. The van der Waals surface area contributed by atoms with Crippen molar-refractivity contribution < 1.29 is 9.59 Å². The monoisotopic (exact) mass is 261 g/mol. The fourth-order valence-electron chi connectivity index (χ4n) is 2.29. The highest BCUT2D eigenvalue weighted by atomic mass is 16.2. The average Bonchev–Trinajstić information content (AvgIpc) is 2.77. The molecule has 2 unspecified atom stereocenters. The third-order valence-corrected chi connectivity index (χ3v) is 3.33. The SMILES string of the molecule is CC(=O)Nc1ccc(NC(=O)C2CCNC2C)cc1. The van der Waals surface area contributed by atoms with Crippen molar-refractivity contribution in [2.24, 2.45) is 5.92 Å². The summed E-state index contributed by atoms with van der Waals surface area (Å²) in [5, 5.41) is 8.85. The Labute approximate surface area is 112 Å². The van der Waals surface area contributed by atoms with Crippen LogP contribution in [0.2, 0.25) is 0 Å². The van der Waals surface area contributed by atoms with Gasteiger partial charge in [0.1, 0.15) is 0 Å². The molecule has 2 rings (SSSR count). The Morgan fingerprint density at radius 2 is 1.74 bits per heavy atom. The van der Waals surface area contributed by atoms with E-state index >= 15 is 0 Å². The highest BCUT2D eigenvalue weighted by Gasteiger charge is 2.29. The molecule has 0 aromatic heterocycles. The highest BCUT2D eigenvalue weighted by molar-refractivity contribution is 5.94. The lowest BCUT2D eigenvalue weighted by Crippen LogP contribution is -2.32. The molecule has 0 spiro atoms. The standard InChI is InChI=1S/C14H19N3O2/c1-9-13(7-8-15-9)14(19)17-12-5-3-11(4-6-12)16-10(2)18/h3-6,9,13,15H,7-8H2,1-2H3,(H,16,18)(H,17,19). The maximum Gasteiger partial charge on any atom is 0.229 e. The summed E-state index contributed by atoms with van der Waals surface area (Å²) in [7, 11) is 0. The molecule has 1 aromatic rings. The van der Waals surface area contributed by atoms with E-state index in [1.807, 2.05) is 6.92 Å². The topological polar surface area (TPSA) is 70.2 Å². The number of carbonyl (C=O) groups excluding carboxylic acids is 2. The second kappa shape index (κ2) is 5.84. The summed E-state index contributed by atoms with van der Waals surface area (Å²) in [5.74, 6) is -0.0394. The van der Waals surface area contributed by atoms with Gasteiger partial charge in [0.25, 0.3) is 0 Å². The predicted molar refractivity (Wildman–Crippen MR) is 74.9 cm³/mol. The first kappa shape index (κ1) is 13.5. The van der Waals surface area contributed by atoms with Crippen LogP contribution >= 0.6 is 0 Å². The van der Waals surface area contributed by atoms with Crippen LogP contribution in [0.25, 0.3) is 0 Å². The van der Waals surface area contributed by atoms with Crippen LogP contribution in [0.1, 0.15) is 20.3 Å². The van der Waals surface area contributed by atoms with Crippen LogP contribution in [-0.4, -0.2) is 24.4 Å². The molecule has 1 heterocycles. The van der Waals surface area contributed by atoms with E-state index in [4.69, 9.17) is 0 Å². The maximum atomic E-state index is 12.1. The minimum atomic E-state index is -0.109. The van der Waals surface area contributed by atoms with Crippen molar-refractivity contribution >= 4 is 23.2 Å². The van der Waals surface area contributed by atoms with E-state index in [0.29, 0.717) is 0 Å². The summed E-state index contributed by atoms with van der Waals surface area (Å²) in [5.41, 5.74) is 1.47. The molecule has 2 atom stereocenters. The maximum absolute atomic E-state index is 12.1. The van der Waals surface area contributed by atoms with Gasteiger partial charge in [-0.25, -0.2) is 0 Å². The molecular formula is C14H19N3O2. The van der Waals surface area contributed by atoms with Gasteiger partial charge in [0.15, 0.2) is 0 Å². The van der Waals surface area contributed by atoms with Crippen molar-refractivity contribution in [1.82, 2.24) is 5.32 Å². The largest absolute Gasteiger partial charge is 0.326 e. The fraction of sp³-hybridized carbons (Fsp3) is 0.429. The molecule has 1 aliphatic heterocycles. The minimum absolute atomic E-state index is 0.0232. The van der Waals surface area contributed by atoms with Crippen LogP contribution in [0, 0.1) is 5.92 Å². The van der Waals surface area contributed by atoms with Crippen LogP contribution in [0.15, 0.2) is 24.3 Å². The molecule has 5 nitrogen and oxygen atoms in total. The fourth-order valence-corrected chi connectivity index (χ4v) is 2.29. The van der Waals surface area contributed by atoms with E-state index in [-0.39, 0.29) is 23.8 Å². The van der Waals surface area contributed by atoms with E-state index in [1.165, 1.54) is 6.92 Å². The molecule has 2 amide bonds. The highest BCUT2D eigenvalue weighted by Crippen LogP contribution is 2.19. The van der Waals surface area contributed by atoms with Gasteiger partial charge in [0.05, 0.1) is 5.92 Å². The van der Waals surface area contributed by atoms with Crippen LogP contribution in [0.4, 0.5) is 11.4 Å². The number of hydrogen-bond donors (Lipinski definition) is 3. The van der Waals surface area contributed by atoms with Gasteiger partial charge in [-0.1, -0.05) is 0 Å². The first-order valence-corrected chi connectivity index (χ1v) is 6.48. The Hall–Kier alpha value is -1.88. The number of benzene rings is 1. The van der Waals surface area contributed by atoms with E-state index < -0.39 is 0 Å². The molecule has 3 N–H and O–H groups in total. The molecule has 0 radical (unpaired) electrons. The first-order chi connectivity index (χ1) is 9.06. The zero-order chi connectivity index (χ0) is 13.8. The van der Waals surface area contributed by atoms with E-state index in [2.05, 4.69) is 16.0 Å². The summed E-state index contributed by atoms with van der Waals surface area (Å²) < 4.78 is 0. The lowest BCUT2D eigenvalue weighted by Gasteiger charge is -2.15. The quantitative estimate of drug-likeness (QED) is 0.773. The number of carbonyl (C=O) groups is 2. The minimum Gasteiger partial charge on any atom is -0.326 e. The van der Waals surface area contributed by atoms with Gasteiger partial charge in [-0.3, -0.25) is 9.59 Å². The third kappa shape index (κ3) is 3.54. The summed E-state index contributed by atoms with van der Waals surface area (Å²) in [6.07, 6.45) is 0.872. The number of rotatable bonds is 3. The summed E-state index contributed by atoms with van der Waals surface area (Å²) in [6.45, 7) is 4.38. The first-order valence-electron chi connectivity index (χ1n) is 6.48. The second-order valence-electron chi connectivity index (χ2n) is 4.89. The molecule has 0 saturated carbocycles. The molecule has 5 heteroatoms. The Morgan fingerprint density at radius 1 is 1.16 bits per heavy atom. The molecule has 102 valence electrons. The molecule has 19 heavy (non-hydrogen) atoms. The van der Waals surface area contributed by atoms with Gasteiger partial charge in [0.2, 0.25) is 11.8 Å². The van der Waals surface area contributed by atoms with E-state index in [0.717, 1.165) is 24.3 Å². The smallest absolute Gasteiger partial charge is 0.229 e. The summed E-state index contributed by atoms with van der Waals surface area (Å²) >= 11 is 0. The lowest BCUT2D eigenvalue weighted by molar-refractivity contribution is -0.120. The van der Waals surface area contributed by atoms with Crippen LogP contribution < -0.4 is 16.0 Å². The Balaban J connectivity index is 1.95. The number of anilines is 2. The van der Waals surface area contributed by atoms with Crippen molar-refractivity contribution in [1.29, 1.82) is 0 Å². The Kier molecular flexibility index (Phi) is 4.16. The van der Waals surface area contributed by atoms with Gasteiger partial charge in [0, 0.05) is 24.3 Å². The van der Waals surface area contributed by atoms with E-state index in [9.17, 15) is 9.59 Å². The second-order valence-corrected chi connectivity index (χ2v) is 4.89. The Morgan fingerprint density at radius 3 is 2.21 bits per heavy atom. The van der Waals surface area contributed by atoms with Crippen LogP contribution in [0.5, 0.6) is 0 Å². The van der Waals surface area contributed by atoms with Gasteiger partial charge in [-0.2, -0.15) is 0 Å². The normalized spacial score (nSPS) is 22.0. The van der Waals surface area contributed by atoms with Crippen molar-refractivity contribution in [3.05, 3.63) is 24.3 Å². The zero-order valence-electron chi connectivity index (χ0n) is 11.2. The van der Waals surface area contributed by atoms with Crippen LogP contribution in [0.3, 0.4) is 0 Å². The van der Waals surface area contributed by atoms with Gasteiger partial charge in [-0.15, -0.1) is 0 Å². The Bertz CT molecular complexity index is 470. The summed E-state index contributed by atoms with van der Waals surface area (Å²) in [4.78, 5) is 23.0. The molecule has 1 fully saturated rings. The molecule has 0 aliphatic carbocycles.